The van der Waals surface area contributed by atoms with Crippen molar-refractivity contribution in [3.8, 4) is 0 Å². The first-order valence-electron chi connectivity index (χ1n) is 12.9. The van der Waals surface area contributed by atoms with Crippen molar-refractivity contribution in [2.75, 3.05) is 0 Å². The highest BCUT2D eigenvalue weighted by Crippen LogP contribution is 2.39. The molecule has 4 heteroatoms. The van der Waals surface area contributed by atoms with Gasteiger partial charge in [-0.3, -0.25) is 0 Å². The molecule has 0 spiro atoms. The fourth-order valence-electron chi connectivity index (χ4n) is 5.72. The number of rotatable bonds is 6. The lowest BCUT2D eigenvalue weighted by atomic mass is 9.78. The molecular formula is C30H36F4. The Kier molecular flexibility index (Phi) is 8.16. The summed E-state index contributed by atoms with van der Waals surface area (Å²) in [6, 6.07) is 17.9. The molecule has 2 aliphatic carbocycles. The molecule has 0 nitrogen and oxygen atoms in total. The lowest BCUT2D eigenvalue weighted by Gasteiger charge is -2.27. The molecule has 0 N–H and O–H groups in total. The molecule has 0 radical (unpaired) electrons. The fourth-order valence-corrected chi connectivity index (χ4v) is 5.72. The maximum Gasteiger partial charge on any atom is 0.442 e. The summed E-state index contributed by atoms with van der Waals surface area (Å²) in [5.74, 6) is -0.304. The number of halogens is 4. The topological polar surface area (TPSA) is 0 Å². The Hall–Kier alpha value is -2.10. The summed E-state index contributed by atoms with van der Waals surface area (Å²) in [4.78, 5) is 0. The van der Waals surface area contributed by atoms with Gasteiger partial charge in [0.15, 0.2) is 5.83 Å². The minimum absolute atomic E-state index is 0.315. The molecule has 0 aromatic heterocycles. The third-order valence-corrected chi connectivity index (χ3v) is 8.05. The van der Waals surface area contributed by atoms with Crippen LogP contribution in [0.1, 0.15) is 92.4 Å². The standard InChI is InChI=1S/C30H36F4/c1-21-2-12-25(13-3-21)26-14-6-22(7-15-26)4-5-23-8-16-27(17-9-23)28-18-10-24(11-19-28)20-29(31)30(32,33)34/h6-9,14-17,20-21,24-25,28H,2-5,10-13,18-19H2,1H3. The van der Waals surface area contributed by atoms with Gasteiger partial charge in [-0.1, -0.05) is 68.3 Å². The number of hydrogen-bond acceptors (Lipinski definition) is 0. The average Bonchev–Trinajstić information content (AvgIpc) is 2.84. The van der Waals surface area contributed by atoms with Crippen molar-refractivity contribution in [1.82, 2.24) is 0 Å². The molecule has 2 aliphatic rings. The van der Waals surface area contributed by atoms with Gasteiger partial charge in [-0.15, -0.1) is 0 Å². The van der Waals surface area contributed by atoms with E-state index in [0.717, 1.165) is 43.6 Å². The highest BCUT2D eigenvalue weighted by Gasteiger charge is 2.35. The Labute approximate surface area is 201 Å². The van der Waals surface area contributed by atoms with E-state index in [0.29, 0.717) is 18.8 Å². The molecule has 0 aliphatic heterocycles. The minimum Gasteiger partial charge on any atom is -0.202 e. The molecule has 0 bridgehead atoms. The third-order valence-electron chi connectivity index (χ3n) is 8.05. The third kappa shape index (κ3) is 6.73. The molecule has 34 heavy (non-hydrogen) atoms. The first-order chi connectivity index (χ1) is 16.3. The normalized spacial score (nSPS) is 26.4. The first kappa shape index (κ1) is 25.0. The van der Waals surface area contributed by atoms with Crippen molar-refractivity contribution >= 4 is 0 Å². The maximum absolute atomic E-state index is 13.2. The summed E-state index contributed by atoms with van der Waals surface area (Å²) in [6.07, 6.45) is 6.07. The van der Waals surface area contributed by atoms with Crippen LogP contribution >= 0.6 is 0 Å². The second kappa shape index (κ2) is 11.1. The van der Waals surface area contributed by atoms with Gasteiger partial charge in [0.1, 0.15) is 0 Å². The van der Waals surface area contributed by atoms with Gasteiger partial charge in [-0.2, -0.15) is 13.2 Å². The van der Waals surface area contributed by atoms with E-state index in [2.05, 4.69) is 55.5 Å². The highest BCUT2D eigenvalue weighted by molar-refractivity contribution is 5.29. The van der Waals surface area contributed by atoms with Crippen LogP contribution in [0.5, 0.6) is 0 Å². The van der Waals surface area contributed by atoms with Crippen molar-refractivity contribution < 1.29 is 17.6 Å². The molecule has 4 rings (SSSR count). The Bertz CT molecular complexity index is 923. The quantitative estimate of drug-likeness (QED) is 0.367. The van der Waals surface area contributed by atoms with Crippen LogP contribution in [0, 0.1) is 11.8 Å². The number of alkyl halides is 3. The predicted molar refractivity (Wildman–Crippen MR) is 131 cm³/mol. The summed E-state index contributed by atoms with van der Waals surface area (Å²) in [5.41, 5.74) is 5.41. The monoisotopic (exact) mass is 472 g/mol. The van der Waals surface area contributed by atoms with E-state index in [9.17, 15) is 17.6 Å². The van der Waals surface area contributed by atoms with Crippen LogP contribution in [0.25, 0.3) is 0 Å². The average molecular weight is 473 g/mol. The van der Waals surface area contributed by atoms with Gasteiger partial charge in [-0.25, -0.2) is 4.39 Å². The molecule has 184 valence electrons. The molecule has 2 aromatic carbocycles. The summed E-state index contributed by atoms with van der Waals surface area (Å²) in [5, 5.41) is 0. The van der Waals surface area contributed by atoms with E-state index in [1.165, 1.54) is 47.9 Å². The largest absolute Gasteiger partial charge is 0.442 e. The van der Waals surface area contributed by atoms with Crippen LogP contribution in [-0.2, 0) is 12.8 Å². The Balaban J connectivity index is 1.24. The van der Waals surface area contributed by atoms with Gasteiger partial charge >= 0.3 is 6.18 Å². The number of allylic oxidation sites excluding steroid dienone is 2. The number of aryl methyl sites for hydroxylation is 2. The second-order valence-corrected chi connectivity index (χ2v) is 10.6. The predicted octanol–water partition coefficient (Wildman–Crippen LogP) is 9.45. The van der Waals surface area contributed by atoms with Crippen LogP contribution in [0.4, 0.5) is 17.6 Å². The molecule has 2 fully saturated rings. The lowest BCUT2D eigenvalue weighted by Crippen LogP contribution is -2.15. The molecule has 0 amide bonds. The number of benzene rings is 2. The van der Waals surface area contributed by atoms with Gasteiger partial charge in [0.05, 0.1) is 0 Å². The minimum atomic E-state index is -4.86. The summed E-state index contributed by atoms with van der Waals surface area (Å²) in [6.45, 7) is 2.36. The van der Waals surface area contributed by atoms with Crippen molar-refractivity contribution in [2.24, 2.45) is 11.8 Å². The van der Waals surface area contributed by atoms with Gasteiger partial charge in [0, 0.05) is 0 Å². The smallest absolute Gasteiger partial charge is 0.202 e. The molecule has 2 aromatic rings. The van der Waals surface area contributed by atoms with E-state index in [1.54, 1.807) is 0 Å². The zero-order valence-electron chi connectivity index (χ0n) is 20.1. The Morgan fingerprint density at radius 1 is 0.706 bits per heavy atom. The maximum atomic E-state index is 13.2. The summed E-state index contributed by atoms with van der Waals surface area (Å²) >= 11 is 0. The Morgan fingerprint density at radius 3 is 1.53 bits per heavy atom. The number of hydrogen-bond donors (Lipinski definition) is 0. The van der Waals surface area contributed by atoms with E-state index >= 15 is 0 Å². The van der Waals surface area contributed by atoms with Crippen LogP contribution in [-0.4, -0.2) is 6.18 Å². The Morgan fingerprint density at radius 2 is 1.12 bits per heavy atom. The molecule has 2 saturated carbocycles. The van der Waals surface area contributed by atoms with Gasteiger partial charge in [-0.05, 0) is 103 Å². The zero-order valence-corrected chi connectivity index (χ0v) is 20.1. The SMILES string of the molecule is CC1CCC(c2ccc(CCc3ccc(C4CCC(C=C(F)C(F)(F)F)CC4)cc3)cc2)CC1. The van der Waals surface area contributed by atoms with Crippen LogP contribution in [0.15, 0.2) is 60.4 Å². The van der Waals surface area contributed by atoms with Crippen LogP contribution < -0.4 is 0 Å². The van der Waals surface area contributed by atoms with Crippen molar-refractivity contribution in [3.63, 3.8) is 0 Å². The zero-order chi connectivity index (χ0) is 24.1. The lowest BCUT2D eigenvalue weighted by molar-refractivity contribution is -0.109. The van der Waals surface area contributed by atoms with Gasteiger partial charge in [0.25, 0.3) is 0 Å². The van der Waals surface area contributed by atoms with Gasteiger partial charge in [0.2, 0.25) is 0 Å². The molecule has 0 heterocycles. The van der Waals surface area contributed by atoms with Gasteiger partial charge < -0.3 is 0 Å². The highest BCUT2D eigenvalue weighted by atomic mass is 19.4. The van der Waals surface area contributed by atoms with Crippen molar-refractivity contribution in [2.45, 2.75) is 89.1 Å². The molecule has 0 saturated heterocycles. The van der Waals surface area contributed by atoms with E-state index in [4.69, 9.17) is 0 Å². The van der Waals surface area contributed by atoms with Crippen LogP contribution in [0.3, 0.4) is 0 Å². The van der Waals surface area contributed by atoms with Crippen molar-refractivity contribution in [3.05, 3.63) is 82.7 Å². The summed E-state index contributed by atoms with van der Waals surface area (Å²) < 4.78 is 50.5. The van der Waals surface area contributed by atoms with Crippen LogP contribution in [0.2, 0.25) is 0 Å². The fraction of sp³-hybridized carbons (Fsp3) is 0.533. The van der Waals surface area contributed by atoms with E-state index in [1.807, 2.05) is 0 Å². The molecule has 0 atom stereocenters. The summed E-state index contributed by atoms with van der Waals surface area (Å²) in [7, 11) is 0. The van der Waals surface area contributed by atoms with E-state index < -0.39 is 12.0 Å². The van der Waals surface area contributed by atoms with Crippen molar-refractivity contribution in [1.29, 1.82) is 0 Å². The first-order valence-corrected chi connectivity index (χ1v) is 12.9. The molecular weight excluding hydrogens is 436 g/mol. The van der Waals surface area contributed by atoms with E-state index in [-0.39, 0.29) is 5.92 Å². The molecule has 0 unspecified atom stereocenters. The second-order valence-electron chi connectivity index (χ2n) is 10.6.